The quantitative estimate of drug-likeness (QED) is 0.597. The molecule has 1 aromatic carbocycles. The molecule has 0 bridgehead atoms. The number of rotatable bonds is 4. The minimum atomic E-state index is -0.253. The van der Waals surface area contributed by atoms with Crippen molar-refractivity contribution in [3.05, 3.63) is 77.6 Å². The molecule has 0 aliphatic heterocycles. The Labute approximate surface area is 154 Å². The normalized spacial score (nSPS) is 10.7. The van der Waals surface area contributed by atoms with Crippen molar-refractivity contribution >= 4 is 22.4 Å². The van der Waals surface area contributed by atoms with Gasteiger partial charge in [0.05, 0.1) is 17.1 Å². The number of carbonyl (C=O) groups excluding carboxylic acids is 1. The maximum Gasteiger partial charge on any atom is 0.276 e. The van der Waals surface area contributed by atoms with Crippen LogP contribution in [0.1, 0.15) is 16.2 Å². The van der Waals surface area contributed by atoms with E-state index in [0.717, 1.165) is 22.8 Å². The number of aryl methyl sites for hydroxylation is 1. The van der Waals surface area contributed by atoms with E-state index in [0.29, 0.717) is 10.8 Å². The summed E-state index contributed by atoms with van der Waals surface area (Å²) in [4.78, 5) is 21.5. The molecule has 128 valence electrons. The maximum absolute atomic E-state index is 12.7. The predicted octanol–water partition coefficient (Wildman–Crippen LogP) is 3.95. The largest absolute Gasteiger partial charge is 0.296 e. The monoisotopic (exact) mass is 361 g/mol. The topological polar surface area (TPSA) is 72.7 Å². The summed E-state index contributed by atoms with van der Waals surface area (Å²) in [5.74, 6) is -0.253. The summed E-state index contributed by atoms with van der Waals surface area (Å²) in [7, 11) is 0. The number of thiazole rings is 1. The first-order valence-electron chi connectivity index (χ1n) is 8.01. The Balaban J connectivity index is 1.59. The second kappa shape index (κ2) is 6.89. The van der Waals surface area contributed by atoms with Crippen molar-refractivity contribution in [2.24, 2.45) is 0 Å². The van der Waals surface area contributed by atoms with Gasteiger partial charge in [-0.2, -0.15) is 5.10 Å². The molecule has 3 aromatic heterocycles. The SMILES string of the molecule is Cc1cc(C(=O)Nc2nc(-c3ccccn3)cs2)n(-c2ccccc2)n1. The number of hydrogen-bond acceptors (Lipinski definition) is 5. The molecule has 0 aliphatic rings. The molecule has 3 heterocycles. The van der Waals surface area contributed by atoms with Gasteiger partial charge in [-0.1, -0.05) is 24.3 Å². The summed E-state index contributed by atoms with van der Waals surface area (Å²) in [5.41, 5.74) is 3.57. The fraction of sp³-hybridized carbons (Fsp3) is 0.0526. The lowest BCUT2D eigenvalue weighted by Gasteiger charge is -2.06. The lowest BCUT2D eigenvalue weighted by molar-refractivity contribution is 0.101. The van der Waals surface area contributed by atoms with Crippen LogP contribution in [0.25, 0.3) is 17.1 Å². The summed E-state index contributed by atoms with van der Waals surface area (Å²) in [5, 5.41) is 9.67. The van der Waals surface area contributed by atoms with Gasteiger partial charge in [0.1, 0.15) is 11.4 Å². The van der Waals surface area contributed by atoms with Crippen molar-refractivity contribution in [2.75, 3.05) is 5.32 Å². The van der Waals surface area contributed by atoms with Gasteiger partial charge in [0.2, 0.25) is 0 Å². The average Bonchev–Trinajstić information content (AvgIpc) is 3.30. The molecule has 6 nitrogen and oxygen atoms in total. The third kappa shape index (κ3) is 3.25. The first-order valence-corrected chi connectivity index (χ1v) is 8.89. The predicted molar refractivity (Wildman–Crippen MR) is 102 cm³/mol. The van der Waals surface area contributed by atoms with Gasteiger partial charge in [0.15, 0.2) is 5.13 Å². The molecule has 0 saturated carbocycles. The molecule has 0 atom stereocenters. The summed E-state index contributed by atoms with van der Waals surface area (Å²) in [6.07, 6.45) is 1.72. The molecule has 26 heavy (non-hydrogen) atoms. The van der Waals surface area contributed by atoms with Crippen molar-refractivity contribution < 1.29 is 4.79 Å². The van der Waals surface area contributed by atoms with Crippen LogP contribution in [0, 0.1) is 6.92 Å². The third-order valence-electron chi connectivity index (χ3n) is 3.72. The first-order chi connectivity index (χ1) is 12.7. The summed E-state index contributed by atoms with van der Waals surface area (Å²) in [6.45, 7) is 1.86. The number of nitrogens with one attached hydrogen (secondary N) is 1. The summed E-state index contributed by atoms with van der Waals surface area (Å²) >= 11 is 1.36. The number of aromatic nitrogens is 4. The molecule has 0 aliphatic carbocycles. The number of benzene rings is 1. The van der Waals surface area contributed by atoms with E-state index in [1.807, 2.05) is 60.8 Å². The van der Waals surface area contributed by atoms with Crippen LogP contribution >= 0.6 is 11.3 Å². The highest BCUT2D eigenvalue weighted by Gasteiger charge is 2.17. The van der Waals surface area contributed by atoms with E-state index >= 15 is 0 Å². The average molecular weight is 361 g/mol. The zero-order valence-corrected chi connectivity index (χ0v) is 14.8. The van der Waals surface area contributed by atoms with E-state index < -0.39 is 0 Å². The smallest absolute Gasteiger partial charge is 0.276 e. The van der Waals surface area contributed by atoms with Gasteiger partial charge in [-0.25, -0.2) is 9.67 Å². The Kier molecular flexibility index (Phi) is 4.28. The number of pyridine rings is 1. The molecule has 4 aromatic rings. The number of carbonyl (C=O) groups is 1. The van der Waals surface area contributed by atoms with Gasteiger partial charge in [-0.05, 0) is 37.3 Å². The molecule has 0 saturated heterocycles. The molecular weight excluding hydrogens is 346 g/mol. The Morgan fingerprint density at radius 1 is 1.08 bits per heavy atom. The molecule has 4 rings (SSSR count). The highest BCUT2D eigenvalue weighted by Crippen LogP contribution is 2.24. The minimum Gasteiger partial charge on any atom is -0.296 e. The lowest BCUT2D eigenvalue weighted by Crippen LogP contribution is -2.16. The lowest BCUT2D eigenvalue weighted by atomic mass is 10.3. The molecular formula is C19H15N5OS. The van der Waals surface area contributed by atoms with Crippen molar-refractivity contribution in [3.8, 4) is 17.1 Å². The fourth-order valence-corrected chi connectivity index (χ4v) is 3.25. The first kappa shape index (κ1) is 16.2. The second-order valence-electron chi connectivity index (χ2n) is 5.63. The number of amides is 1. The zero-order chi connectivity index (χ0) is 17.9. The Hall–Kier alpha value is -3.32. The minimum absolute atomic E-state index is 0.253. The van der Waals surface area contributed by atoms with Gasteiger partial charge in [-0.3, -0.25) is 15.1 Å². The van der Waals surface area contributed by atoms with Crippen LogP contribution in [0.2, 0.25) is 0 Å². The van der Waals surface area contributed by atoms with E-state index in [1.165, 1.54) is 11.3 Å². The number of anilines is 1. The van der Waals surface area contributed by atoms with Crippen LogP contribution < -0.4 is 5.32 Å². The molecule has 0 radical (unpaired) electrons. The van der Waals surface area contributed by atoms with E-state index in [-0.39, 0.29) is 5.91 Å². The Morgan fingerprint density at radius 3 is 2.65 bits per heavy atom. The van der Waals surface area contributed by atoms with E-state index in [9.17, 15) is 4.79 Å². The number of nitrogens with zero attached hydrogens (tertiary/aromatic N) is 4. The fourth-order valence-electron chi connectivity index (χ4n) is 2.55. The highest BCUT2D eigenvalue weighted by molar-refractivity contribution is 7.14. The van der Waals surface area contributed by atoms with E-state index in [1.54, 1.807) is 16.9 Å². The van der Waals surface area contributed by atoms with Gasteiger partial charge in [0, 0.05) is 11.6 Å². The van der Waals surface area contributed by atoms with Gasteiger partial charge in [-0.15, -0.1) is 11.3 Å². The zero-order valence-electron chi connectivity index (χ0n) is 14.0. The van der Waals surface area contributed by atoms with Crippen molar-refractivity contribution in [1.29, 1.82) is 0 Å². The van der Waals surface area contributed by atoms with Crippen molar-refractivity contribution in [1.82, 2.24) is 19.7 Å². The molecule has 0 spiro atoms. The maximum atomic E-state index is 12.7. The molecule has 7 heteroatoms. The van der Waals surface area contributed by atoms with E-state index in [4.69, 9.17) is 0 Å². The van der Waals surface area contributed by atoms with Gasteiger partial charge >= 0.3 is 0 Å². The van der Waals surface area contributed by atoms with Crippen LogP contribution in [0.4, 0.5) is 5.13 Å². The van der Waals surface area contributed by atoms with E-state index in [2.05, 4.69) is 20.4 Å². The van der Waals surface area contributed by atoms with Crippen LogP contribution in [0.3, 0.4) is 0 Å². The van der Waals surface area contributed by atoms with Gasteiger partial charge in [0.25, 0.3) is 5.91 Å². The second-order valence-corrected chi connectivity index (χ2v) is 6.48. The van der Waals surface area contributed by atoms with Crippen molar-refractivity contribution in [2.45, 2.75) is 6.92 Å². The standard InChI is InChI=1S/C19H15N5OS/c1-13-11-17(24(23-13)14-7-3-2-4-8-14)18(25)22-19-21-16(12-26-19)15-9-5-6-10-20-15/h2-12H,1H3,(H,21,22,25). The highest BCUT2D eigenvalue weighted by atomic mass is 32.1. The number of hydrogen-bond donors (Lipinski definition) is 1. The molecule has 1 N–H and O–H groups in total. The van der Waals surface area contributed by atoms with Crippen LogP contribution in [0.15, 0.2) is 66.2 Å². The summed E-state index contributed by atoms with van der Waals surface area (Å²) < 4.78 is 1.64. The van der Waals surface area contributed by atoms with Gasteiger partial charge < -0.3 is 0 Å². The van der Waals surface area contributed by atoms with Crippen molar-refractivity contribution in [3.63, 3.8) is 0 Å². The van der Waals surface area contributed by atoms with Crippen LogP contribution in [0.5, 0.6) is 0 Å². The van der Waals surface area contributed by atoms with Crippen LogP contribution in [-0.4, -0.2) is 25.7 Å². The molecule has 0 fully saturated rings. The molecule has 1 amide bonds. The van der Waals surface area contributed by atoms with Crippen LogP contribution in [-0.2, 0) is 0 Å². The molecule has 0 unspecified atom stereocenters. The third-order valence-corrected chi connectivity index (χ3v) is 4.47. The number of para-hydroxylation sites is 1. The Morgan fingerprint density at radius 2 is 1.88 bits per heavy atom. The summed E-state index contributed by atoms with van der Waals surface area (Å²) in [6, 6.07) is 17.0. The Bertz CT molecular complexity index is 1040.